The average molecular weight is 202 g/mol. The number of carbonyl (C=O) groups is 1. The van der Waals surface area contributed by atoms with Crippen molar-refractivity contribution in [2.75, 3.05) is 20.3 Å². The van der Waals surface area contributed by atoms with Gasteiger partial charge in [-0.1, -0.05) is 20.8 Å². The molecule has 2 atom stereocenters. The van der Waals surface area contributed by atoms with Gasteiger partial charge in [0.15, 0.2) is 0 Å². The summed E-state index contributed by atoms with van der Waals surface area (Å²) in [7, 11) is 1.60. The summed E-state index contributed by atoms with van der Waals surface area (Å²) < 4.78 is 4.94. The third kappa shape index (κ3) is 4.58. The molecule has 14 heavy (non-hydrogen) atoms. The smallest absolute Gasteiger partial charge is 0.223 e. The summed E-state index contributed by atoms with van der Waals surface area (Å²) in [6.07, 6.45) is 0. The zero-order valence-electron chi connectivity index (χ0n) is 9.54. The van der Waals surface area contributed by atoms with E-state index in [0.29, 0.717) is 19.1 Å². The number of nitrogens with two attached hydrogens (primary N) is 1. The van der Waals surface area contributed by atoms with E-state index in [1.807, 2.05) is 20.8 Å². The van der Waals surface area contributed by atoms with Crippen molar-refractivity contribution in [3.05, 3.63) is 0 Å². The van der Waals surface area contributed by atoms with E-state index < -0.39 is 0 Å². The summed E-state index contributed by atoms with van der Waals surface area (Å²) >= 11 is 0. The number of amides is 1. The first kappa shape index (κ1) is 13.4. The van der Waals surface area contributed by atoms with Gasteiger partial charge in [0.25, 0.3) is 0 Å². The summed E-state index contributed by atoms with van der Waals surface area (Å²) in [5.74, 6) is 0.407. The van der Waals surface area contributed by atoms with Crippen molar-refractivity contribution in [1.29, 1.82) is 0 Å². The lowest BCUT2D eigenvalue weighted by Crippen LogP contribution is -2.45. The number of hydrogen-bond donors (Lipinski definition) is 2. The largest absolute Gasteiger partial charge is 0.383 e. The first-order valence-electron chi connectivity index (χ1n) is 5.02. The second kappa shape index (κ2) is 6.79. The lowest BCUT2D eigenvalue weighted by Gasteiger charge is -2.20. The molecule has 0 saturated heterocycles. The fourth-order valence-electron chi connectivity index (χ4n) is 1.01. The van der Waals surface area contributed by atoms with Gasteiger partial charge < -0.3 is 15.8 Å². The Morgan fingerprint density at radius 3 is 2.36 bits per heavy atom. The van der Waals surface area contributed by atoms with Gasteiger partial charge in [0.1, 0.15) is 0 Å². The maximum absolute atomic E-state index is 11.6. The summed E-state index contributed by atoms with van der Waals surface area (Å²) in [6, 6.07) is -0.0753. The van der Waals surface area contributed by atoms with Crippen molar-refractivity contribution in [3.8, 4) is 0 Å². The highest BCUT2D eigenvalue weighted by Gasteiger charge is 2.19. The van der Waals surface area contributed by atoms with Crippen LogP contribution >= 0.6 is 0 Å². The molecule has 0 aliphatic rings. The third-order valence-corrected chi connectivity index (χ3v) is 2.41. The number of nitrogens with one attached hydrogen (secondary N) is 1. The molecule has 3 N–H and O–H groups in total. The van der Waals surface area contributed by atoms with Crippen molar-refractivity contribution in [2.45, 2.75) is 26.8 Å². The Labute approximate surface area is 86.2 Å². The molecule has 0 aromatic carbocycles. The van der Waals surface area contributed by atoms with Crippen LogP contribution in [0, 0.1) is 11.8 Å². The van der Waals surface area contributed by atoms with Crippen molar-refractivity contribution in [1.82, 2.24) is 5.32 Å². The van der Waals surface area contributed by atoms with Crippen LogP contribution in [0.5, 0.6) is 0 Å². The molecule has 0 aliphatic heterocycles. The maximum atomic E-state index is 11.6. The van der Waals surface area contributed by atoms with Crippen LogP contribution in [-0.4, -0.2) is 32.2 Å². The predicted octanol–water partition coefficient (Wildman–Crippen LogP) is 0.368. The van der Waals surface area contributed by atoms with Gasteiger partial charge in [-0.3, -0.25) is 4.79 Å². The van der Waals surface area contributed by atoms with Crippen molar-refractivity contribution < 1.29 is 9.53 Å². The summed E-state index contributed by atoms with van der Waals surface area (Å²) in [6.45, 7) is 6.84. The molecular formula is C10H22N2O2. The molecule has 0 rings (SSSR count). The summed E-state index contributed by atoms with van der Waals surface area (Å²) in [5, 5.41) is 2.86. The van der Waals surface area contributed by atoms with Gasteiger partial charge in [0.05, 0.1) is 12.6 Å². The van der Waals surface area contributed by atoms with Crippen LogP contribution in [0.4, 0.5) is 0 Å². The van der Waals surface area contributed by atoms with E-state index in [1.165, 1.54) is 0 Å². The standard InChI is InChI=1S/C10H22N2O2/c1-7(2)8(3)10(13)12-9(5-11)6-14-4/h7-9H,5-6,11H2,1-4H3,(H,12,13). The minimum Gasteiger partial charge on any atom is -0.383 e. The van der Waals surface area contributed by atoms with E-state index in [1.54, 1.807) is 7.11 Å². The Balaban J connectivity index is 4.01. The number of rotatable bonds is 6. The highest BCUT2D eigenvalue weighted by atomic mass is 16.5. The van der Waals surface area contributed by atoms with E-state index in [9.17, 15) is 4.79 Å². The molecule has 0 aromatic heterocycles. The van der Waals surface area contributed by atoms with E-state index in [4.69, 9.17) is 10.5 Å². The third-order valence-electron chi connectivity index (χ3n) is 2.41. The molecule has 0 fully saturated rings. The zero-order chi connectivity index (χ0) is 11.1. The van der Waals surface area contributed by atoms with Crippen LogP contribution in [0.2, 0.25) is 0 Å². The van der Waals surface area contributed by atoms with Gasteiger partial charge in [0.2, 0.25) is 5.91 Å². The van der Waals surface area contributed by atoms with Crippen molar-refractivity contribution >= 4 is 5.91 Å². The van der Waals surface area contributed by atoms with Crippen LogP contribution in [0.25, 0.3) is 0 Å². The number of hydrogen-bond acceptors (Lipinski definition) is 3. The molecule has 0 saturated carbocycles. The lowest BCUT2D eigenvalue weighted by atomic mass is 9.97. The highest BCUT2D eigenvalue weighted by Crippen LogP contribution is 2.09. The summed E-state index contributed by atoms with van der Waals surface area (Å²) in [4.78, 5) is 11.6. The topological polar surface area (TPSA) is 64.3 Å². The van der Waals surface area contributed by atoms with E-state index in [2.05, 4.69) is 5.32 Å². The molecule has 84 valence electrons. The van der Waals surface area contributed by atoms with Crippen LogP contribution in [0.3, 0.4) is 0 Å². The van der Waals surface area contributed by atoms with Crippen molar-refractivity contribution in [2.24, 2.45) is 17.6 Å². The first-order chi connectivity index (χ1) is 6.52. The van der Waals surface area contributed by atoms with Crippen molar-refractivity contribution in [3.63, 3.8) is 0 Å². The van der Waals surface area contributed by atoms with Gasteiger partial charge >= 0.3 is 0 Å². The van der Waals surface area contributed by atoms with Crippen LogP contribution in [0.15, 0.2) is 0 Å². The van der Waals surface area contributed by atoms with Crippen LogP contribution in [-0.2, 0) is 9.53 Å². The molecular weight excluding hydrogens is 180 g/mol. The van der Waals surface area contributed by atoms with Crippen LogP contribution in [0.1, 0.15) is 20.8 Å². The Kier molecular flexibility index (Phi) is 6.49. The fourth-order valence-corrected chi connectivity index (χ4v) is 1.01. The lowest BCUT2D eigenvalue weighted by molar-refractivity contribution is -0.126. The summed E-state index contributed by atoms with van der Waals surface area (Å²) in [5.41, 5.74) is 5.49. The first-order valence-corrected chi connectivity index (χ1v) is 5.02. The molecule has 4 nitrogen and oxygen atoms in total. The predicted molar refractivity (Wildman–Crippen MR) is 56.9 cm³/mol. The maximum Gasteiger partial charge on any atom is 0.223 e. The minimum absolute atomic E-state index is 0.0147. The normalized spacial score (nSPS) is 15.3. The molecule has 0 aromatic rings. The number of methoxy groups -OCH3 is 1. The van der Waals surface area contributed by atoms with E-state index in [0.717, 1.165) is 0 Å². The monoisotopic (exact) mass is 202 g/mol. The minimum atomic E-state index is -0.0753. The van der Waals surface area contributed by atoms with E-state index >= 15 is 0 Å². The van der Waals surface area contributed by atoms with Crippen LogP contribution < -0.4 is 11.1 Å². The molecule has 0 bridgehead atoms. The number of ether oxygens (including phenoxy) is 1. The van der Waals surface area contributed by atoms with E-state index in [-0.39, 0.29) is 17.9 Å². The van der Waals surface area contributed by atoms with Gasteiger partial charge in [-0.05, 0) is 5.92 Å². The number of carbonyl (C=O) groups excluding carboxylic acids is 1. The molecule has 0 heterocycles. The fraction of sp³-hybridized carbons (Fsp3) is 0.900. The molecule has 2 unspecified atom stereocenters. The molecule has 0 radical (unpaired) electrons. The second-order valence-corrected chi connectivity index (χ2v) is 3.93. The highest BCUT2D eigenvalue weighted by molar-refractivity contribution is 5.78. The molecule has 1 amide bonds. The van der Waals surface area contributed by atoms with Gasteiger partial charge in [0, 0.05) is 19.6 Å². The zero-order valence-corrected chi connectivity index (χ0v) is 9.54. The quantitative estimate of drug-likeness (QED) is 0.654. The molecule has 4 heteroatoms. The second-order valence-electron chi connectivity index (χ2n) is 3.93. The van der Waals surface area contributed by atoms with Gasteiger partial charge in [-0.2, -0.15) is 0 Å². The Morgan fingerprint density at radius 1 is 1.43 bits per heavy atom. The van der Waals surface area contributed by atoms with Gasteiger partial charge in [-0.15, -0.1) is 0 Å². The Morgan fingerprint density at radius 2 is 2.00 bits per heavy atom. The Hall–Kier alpha value is -0.610. The van der Waals surface area contributed by atoms with Gasteiger partial charge in [-0.25, -0.2) is 0 Å². The average Bonchev–Trinajstić information content (AvgIpc) is 2.15. The SMILES string of the molecule is COCC(CN)NC(=O)C(C)C(C)C. The molecule has 0 spiro atoms. The molecule has 0 aliphatic carbocycles. The Bertz CT molecular complexity index is 172.